The van der Waals surface area contributed by atoms with Crippen LogP contribution >= 0.6 is 11.8 Å². The number of aryl methyl sites for hydroxylation is 1. The predicted molar refractivity (Wildman–Crippen MR) is 134 cm³/mol. The van der Waals surface area contributed by atoms with E-state index in [0.717, 1.165) is 11.1 Å². The van der Waals surface area contributed by atoms with Gasteiger partial charge in [0.05, 0.1) is 18.0 Å². The van der Waals surface area contributed by atoms with E-state index in [1.54, 1.807) is 36.4 Å². The van der Waals surface area contributed by atoms with Crippen molar-refractivity contribution in [1.29, 1.82) is 5.26 Å². The van der Waals surface area contributed by atoms with Crippen LogP contribution in [0, 0.1) is 18.3 Å². The van der Waals surface area contributed by atoms with Crippen LogP contribution in [0.25, 0.3) is 0 Å². The van der Waals surface area contributed by atoms with Crippen LogP contribution in [0.3, 0.4) is 0 Å². The zero-order valence-corrected chi connectivity index (χ0v) is 19.6. The molecule has 1 aliphatic rings. The summed E-state index contributed by atoms with van der Waals surface area (Å²) in [4.78, 5) is 28.2. The lowest BCUT2D eigenvalue weighted by Crippen LogP contribution is -2.30. The molecule has 0 aromatic heterocycles. The fraction of sp³-hybridized carbons (Fsp3) is 0.148. The molecule has 0 radical (unpaired) electrons. The lowest BCUT2D eigenvalue weighted by atomic mass is 10.1. The lowest BCUT2D eigenvalue weighted by Gasteiger charge is -2.18. The molecule has 1 atom stereocenters. The van der Waals surface area contributed by atoms with Gasteiger partial charge in [-0.2, -0.15) is 5.26 Å². The molecule has 34 heavy (non-hydrogen) atoms. The molecule has 0 unspecified atom stereocenters. The van der Waals surface area contributed by atoms with Crippen LogP contribution in [-0.4, -0.2) is 24.2 Å². The third-order valence-electron chi connectivity index (χ3n) is 5.38. The van der Waals surface area contributed by atoms with Crippen molar-refractivity contribution in [1.82, 2.24) is 0 Å². The molecule has 1 fully saturated rings. The summed E-state index contributed by atoms with van der Waals surface area (Å²) in [5.41, 5.74) is 3.06. The normalized spacial score (nSPS) is 16.7. The Bertz CT molecular complexity index is 1300. The van der Waals surface area contributed by atoms with Gasteiger partial charge in [-0.1, -0.05) is 71.9 Å². The summed E-state index contributed by atoms with van der Waals surface area (Å²) in [5.74, 6) is -0.282. The van der Waals surface area contributed by atoms with Gasteiger partial charge in [-0.25, -0.2) is 0 Å². The maximum atomic E-state index is 13.5. The van der Waals surface area contributed by atoms with Crippen molar-refractivity contribution in [3.05, 3.63) is 101 Å². The Labute approximate surface area is 202 Å². The van der Waals surface area contributed by atoms with Crippen LogP contribution in [0.4, 0.5) is 11.4 Å². The molecule has 3 aromatic rings. The number of hydrogen-bond acceptors (Lipinski definition) is 5. The number of rotatable bonds is 6. The van der Waals surface area contributed by atoms with Crippen molar-refractivity contribution in [3.8, 4) is 11.8 Å². The van der Waals surface area contributed by atoms with Crippen molar-refractivity contribution in [3.63, 3.8) is 0 Å². The van der Waals surface area contributed by atoms with E-state index in [4.69, 9.17) is 4.74 Å². The molecular formula is C27H23N3O3S. The number of amides is 2. The van der Waals surface area contributed by atoms with E-state index in [2.05, 4.69) is 5.32 Å². The largest absolute Gasteiger partial charge is 0.495 e. The highest BCUT2D eigenvalue weighted by atomic mass is 32.2. The number of nitrogens with one attached hydrogen (secondary N) is 1. The third kappa shape index (κ3) is 4.82. The summed E-state index contributed by atoms with van der Waals surface area (Å²) in [6.07, 6.45) is 0.491. The number of methoxy groups -OCH3 is 1. The van der Waals surface area contributed by atoms with Crippen molar-refractivity contribution >= 4 is 35.0 Å². The maximum absolute atomic E-state index is 13.5. The van der Waals surface area contributed by atoms with Gasteiger partial charge in [0.15, 0.2) is 0 Å². The molecule has 170 valence electrons. The number of carbonyl (C=O) groups is 2. The molecule has 0 aliphatic carbocycles. The van der Waals surface area contributed by atoms with Crippen LogP contribution < -0.4 is 15.0 Å². The topological polar surface area (TPSA) is 82.4 Å². The van der Waals surface area contributed by atoms with Gasteiger partial charge in [-0.3, -0.25) is 14.5 Å². The second-order valence-electron chi connectivity index (χ2n) is 7.76. The summed E-state index contributed by atoms with van der Waals surface area (Å²) in [6.45, 7) is 2.00. The first-order valence-corrected chi connectivity index (χ1v) is 11.6. The minimum atomic E-state index is -0.598. The van der Waals surface area contributed by atoms with Gasteiger partial charge in [-0.15, -0.1) is 0 Å². The molecule has 3 aromatic carbocycles. The lowest BCUT2D eigenvalue weighted by molar-refractivity contribution is -0.117. The van der Waals surface area contributed by atoms with Crippen LogP contribution in [0.1, 0.15) is 11.1 Å². The number of hydrogen-bond donors (Lipinski definition) is 1. The van der Waals surface area contributed by atoms with Gasteiger partial charge in [0.25, 0.3) is 5.91 Å². The maximum Gasteiger partial charge on any atom is 0.269 e. The number of para-hydroxylation sites is 3. The Hall–Kier alpha value is -4.02. The zero-order valence-electron chi connectivity index (χ0n) is 18.8. The highest BCUT2D eigenvalue weighted by molar-refractivity contribution is 8.05. The minimum Gasteiger partial charge on any atom is -0.495 e. The van der Waals surface area contributed by atoms with Crippen LogP contribution in [0.15, 0.2) is 89.5 Å². The molecule has 1 aliphatic heterocycles. The smallest absolute Gasteiger partial charge is 0.269 e. The molecule has 1 N–H and O–H groups in total. The van der Waals surface area contributed by atoms with Gasteiger partial charge < -0.3 is 10.1 Å². The van der Waals surface area contributed by atoms with E-state index in [1.165, 1.54) is 23.8 Å². The highest BCUT2D eigenvalue weighted by Gasteiger charge is 2.40. The fourth-order valence-electron chi connectivity index (χ4n) is 3.78. The van der Waals surface area contributed by atoms with Crippen LogP contribution in [-0.2, 0) is 16.0 Å². The minimum absolute atomic E-state index is 0.125. The van der Waals surface area contributed by atoms with Crippen molar-refractivity contribution < 1.29 is 14.3 Å². The van der Waals surface area contributed by atoms with Crippen LogP contribution in [0.5, 0.6) is 5.75 Å². The number of benzene rings is 3. The second kappa shape index (κ2) is 10.3. The quantitative estimate of drug-likeness (QED) is 0.403. The number of nitrogens with zero attached hydrogens (tertiary/aromatic N) is 2. The molecular weight excluding hydrogens is 446 g/mol. The summed E-state index contributed by atoms with van der Waals surface area (Å²) < 4.78 is 5.30. The van der Waals surface area contributed by atoms with E-state index >= 15 is 0 Å². The molecule has 2 amide bonds. The average Bonchev–Trinajstić information content (AvgIpc) is 3.15. The van der Waals surface area contributed by atoms with E-state index in [-0.39, 0.29) is 11.5 Å². The summed E-state index contributed by atoms with van der Waals surface area (Å²) in [5, 5.41) is 12.6. The molecule has 0 bridgehead atoms. The van der Waals surface area contributed by atoms with E-state index in [1.807, 2.05) is 55.5 Å². The highest BCUT2D eigenvalue weighted by Crippen LogP contribution is 2.42. The number of nitriles is 1. The van der Waals surface area contributed by atoms with Gasteiger partial charge in [-0.05, 0) is 43.2 Å². The molecule has 1 saturated heterocycles. The first-order valence-electron chi connectivity index (χ1n) is 10.7. The van der Waals surface area contributed by atoms with E-state index < -0.39 is 11.2 Å². The molecule has 7 heteroatoms. The van der Waals surface area contributed by atoms with E-state index in [9.17, 15) is 14.9 Å². The van der Waals surface area contributed by atoms with Crippen molar-refractivity contribution in [2.45, 2.75) is 18.6 Å². The van der Waals surface area contributed by atoms with Crippen molar-refractivity contribution in [2.75, 3.05) is 17.3 Å². The van der Waals surface area contributed by atoms with Gasteiger partial charge in [0.2, 0.25) is 5.91 Å². The third-order valence-corrected chi connectivity index (χ3v) is 6.64. The Morgan fingerprint density at radius 1 is 1.09 bits per heavy atom. The summed E-state index contributed by atoms with van der Waals surface area (Å²) >= 11 is 1.25. The number of thioether (sulfide) groups is 1. The molecule has 6 nitrogen and oxygen atoms in total. The Morgan fingerprint density at radius 2 is 1.82 bits per heavy atom. The Kier molecular flexibility index (Phi) is 7.00. The van der Waals surface area contributed by atoms with Crippen LogP contribution in [0.2, 0.25) is 0 Å². The van der Waals surface area contributed by atoms with Gasteiger partial charge >= 0.3 is 0 Å². The Balaban J connectivity index is 1.72. The standard InChI is InChI=1S/C27H23N3O3S/c1-18-9-8-10-19(15-18)16-24-26(32)30(20-11-4-3-5-12-20)27(34-24)21(17-28)25(31)29-22-13-6-7-14-23(22)33-2/h3-15,24H,16H2,1-2H3,(H,29,31)/b27-21-/t24-/m1/s1. The zero-order chi connectivity index (χ0) is 24.1. The molecule has 1 heterocycles. The summed E-state index contributed by atoms with van der Waals surface area (Å²) in [7, 11) is 1.51. The number of carbonyl (C=O) groups excluding carboxylic acids is 2. The fourth-order valence-corrected chi connectivity index (χ4v) is 5.09. The predicted octanol–water partition coefficient (Wildman–Crippen LogP) is 5.07. The van der Waals surface area contributed by atoms with Gasteiger partial charge in [0.1, 0.15) is 22.4 Å². The molecule has 4 rings (SSSR count). The number of ether oxygens (including phenoxy) is 1. The molecule has 0 spiro atoms. The van der Waals surface area contributed by atoms with Gasteiger partial charge in [0, 0.05) is 5.69 Å². The van der Waals surface area contributed by atoms with Crippen molar-refractivity contribution in [2.24, 2.45) is 0 Å². The first-order chi connectivity index (χ1) is 16.5. The average molecular weight is 470 g/mol. The Morgan fingerprint density at radius 3 is 2.53 bits per heavy atom. The molecule has 0 saturated carbocycles. The second-order valence-corrected chi connectivity index (χ2v) is 8.95. The van der Waals surface area contributed by atoms with E-state index in [0.29, 0.717) is 28.6 Å². The summed E-state index contributed by atoms with van der Waals surface area (Å²) in [6, 6.07) is 26.1. The number of anilines is 2. The first kappa shape index (κ1) is 23.1. The SMILES string of the molecule is COc1ccccc1NC(=O)/C(C#N)=C1\S[C@H](Cc2cccc(C)c2)C(=O)N1c1ccccc1. The monoisotopic (exact) mass is 469 g/mol.